The summed E-state index contributed by atoms with van der Waals surface area (Å²) in [5, 5.41) is 14.3. The molecule has 1 saturated carbocycles. The third-order valence-corrected chi connectivity index (χ3v) is 7.38. The lowest BCUT2D eigenvalue weighted by Gasteiger charge is -2.14. The van der Waals surface area contributed by atoms with Crippen molar-refractivity contribution in [2.75, 3.05) is 0 Å². The minimum absolute atomic E-state index is 0.0857. The molecule has 0 amide bonds. The van der Waals surface area contributed by atoms with Crippen molar-refractivity contribution in [1.82, 2.24) is 39.3 Å². The number of hydrogen-bond donors (Lipinski definition) is 1. The van der Waals surface area contributed by atoms with E-state index in [1.54, 1.807) is 4.57 Å². The fraction of sp³-hybridized carbons (Fsp3) is 0.379. The van der Waals surface area contributed by atoms with Crippen LogP contribution in [0.15, 0.2) is 58.1 Å². The van der Waals surface area contributed by atoms with Gasteiger partial charge in [0.15, 0.2) is 17.0 Å². The average molecular weight is 525 g/mol. The Hall–Kier alpha value is -4.34. The van der Waals surface area contributed by atoms with Crippen molar-refractivity contribution in [3.8, 4) is 22.5 Å². The molecule has 3 aromatic heterocycles. The van der Waals surface area contributed by atoms with Crippen LogP contribution >= 0.6 is 0 Å². The van der Waals surface area contributed by atoms with Crippen LogP contribution in [0.4, 0.5) is 0 Å². The van der Waals surface area contributed by atoms with Crippen LogP contribution in [0.3, 0.4) is 0 Å². The van der Waals surface area contributed by atoms with Gasteiger partial charge in [-0.25, -0.2) is 14.9 Å². The quantitative estimate of drug-likeness (QED) is 0.309. The molecule has 5 aromatic rings. The van der Waals surface area contributed by atoms with E-state index < -0.39 is 0 Å². The van der Waals surface area contributed by atoms with Crippen LogP contribution in [0, 0.1) is 5.92 Å². The summed E-state index contributed by atoms with van der Waals surface area (Å²) < 4.78 is 5.15. The Balaban J connectivity index is 1.43. The van der Waals surface area contributed by atoms with E-state index >= 15 is 0 Å². The summed E-state index contributed by atoms with van der Waals surface area (Å²) in [5.74, 6) is 1.99. The number of tetrazole rings is 1. The van der Waals surface area contributed by atoms with E-state index in [-0.39, 0.29) is 17.2 Å². The third kappa shape index (κ3) is 4.60. The Morgan fingerprint density at radius 3 is 2.36 bits per heavy atom. The average Bonchev–Trinajstić information content (AvgIpc) is 3.43. The van der Waals surface area contributed by atoms with Crippen LogP contribution in [-0.4, -0.2) is 39.3 Å². The number of fused-ring (bicyclic) bond motifs is 1. The molecule has 10 heteroatoms. The largest absolute Gasteiger partial charge is 0.332 e. The predicted octanol–water partition coefficient (Wildman–Crippen LogP) is 4.20. The van der Waals surface area contributed by atoms with Gasteiger partial charge < -0.3 is 4.57 Å². The van der Waals surface area contributed by atoms with E-state index in [9.17, 15) is 9.59 Å². The van der Waals surface area contributed by atoms with Crippen LogP contribution in [0.5, 0.6) is 0 Å². The molecule has 1 aliphatic carbocycles. The number of aromatic nitrogens is 8. The molecular formula is C29H32N8O2. The van der Waals surface area contributed by atoms with Gasteiger partial charge in [-0.2, -0.15) is 0 Å². The van der Waals surface area contributed by atoms with Gasteiger partial charge in [-0.3, -0.25) is 13.9 Å². The standard InChI is InChI=1S/C29H32N8O2/c1-4-15-35-28(38)24-27(37(29(35)39)17-19-9-10-19)30-26(18(2)3)36(24)16-20-11-13-21(14-12-20)22-7-5-6-8-23(22)25-31-33-34-32-25/h5-8,11-14,18-19H,4,9-10,15-17H2,1-3H3,(H,31,32,33,34). The highest BCUT2D eigenvalue weighted by Gasteiger charge is 2.27. The van der Waals surface area contributed by atoms with Gasteiger partial charge >= 0.3 is 5.69 Å². The number of imidazole rings is 1. The molecule has 1 aliphatic rings. The van der Waals surface area contributed by atoms with Gasteiger partial charge in [0.1, 0.15) is 5.82 Å². The monoisotopic (exact) mass is 524 g/mol. The third-order valence-electron chi connectivity index (χ3n) is 7.38. The molecule has 0 atom stereocenters. The summed E-state index contributed by atoms with van der Waals surface area (Å²) in [5.41, 5.74) is 4.54. The molecule has 1 N–H and O–H groups in total. The summed E-state index contributed by atoms with van der Waals surface area (Å²) in [6, 6.07) is 16.3. The Labute approximate surface area is 225 Å². The van der Waals surface area contributed by atoms with Crippen molar-refractivity contribution in [3.05, 3.63) is 80.8 Å². The summed E-state index contributed by atoms with van der Waals surface area (Å²) in [7, 11) is 0. The van der Waals surface area contributed by atoms with Gasteiger partial charge in [0.25, 0.3) is 5.56 Å². The first-order valence-corrected chi connectivity index (χ1v) is 13.6. The van der Waals surface area contributed by atoms with Gasteiger partial charge in [0.05, 0.1) is 0 Å². The highest BCUT2D eigenvalue weighted by Crippen LogP contribution is 2.32. The first kappa shape index (κ1) is 25.0. The molecule has 3 heterocycles. The number of benzene rings is 2. The van der Waals surface area contributed by atoms with Gasteiger partial charge in [0.2, 0.25) is 0 Å². The summed E-state index contributed by atoms with van der Waals surface area (Å²) >= 11 is 0. The number of aromatic amines is 1. The second kappa shape index (κ2) is 10.1. The predicted molar refractivity (Wildman–Crippen MR) is 150 cm³/mol. The first-order valence-electron chi connectivity index (χ1n) is 13.6. The Bertz CT molecular complexity index is 1740. The van der Waals surface area contributed by atoms with Crippen LogP contribution in [0.2, 0.25) is 0 Å². The summed E-state index contributed by atoms with van der Waals surface area (Å²) in [6.07, 6.45) is 2.93. The number of nitrogens with zero attached hydrogens (tertiary/aromatic N) is 7. The molecule has 0 spiro atoms. The fourth-order valence-electron chi connectivity index (χ4n) is 5.24. The smallest absolute Gasteiger partial charge is 0.317 e. The minimum atomic E-state index is -0.255. The molecule has 200 valence electrons. The molecule has 0 saturated heterocycles. The maximum Gasteiger partial charge on any atom is 0.332 e. The maximum absolute atomic E-state index is 13.7. The highest BCUT2D eigenvalue weighted by atomic mass is 16.2. The van der Waals surface area contributed by atoms with Crippen molar-refractivity contribution < 1.29 is 0 Å². The molecule has 0 bridgehead atoms. The zero-order chi connectivity index (χ0) is 27.1. The fourth-order valence-corrected chi connectivity index (χ4v) is 5.24. The van der Waals surface area contributed by atoms with Crippen molar-refractivity contribution in [3.63, 3.8) is 0 Å². The zero-order valence-corrected chi connectivity index (χ0v) is 22.5. The Kier molecular flexibility index (Phi) is 6.46. The van der Waals surface area contributed by atoms with E-state index in [4.69, 9.17) is 4.98 Å². The summed E-state index contributed by atoms with van der Waals surface area (Å²) in [4.78, 5) is 32.0. The van der Waals surface area contributed by atoms with Gasteiger partial charge in [-0.05, 0) is 52.3 Å². The van der Waals surface area contributed by atoms with Crippen molar-refractivity contribution in [2.45, 2.75) is 65.6 Å². The molecule has 1 fully saturated rings. The lowest BCUT2D eigenvalue weighted by molar-refractivity contribution is 0.537. The van der Waals surface area contributed by atoms with Crippen molar-refractivity contribution in [2.24, 2.45) is 5.92 Å². The normalized spacial score (nSPS) is 13.5. The maximum atomic E-state index is 13.7. The number of H-pyrrole nitrogens is 1. The minimum Gasteiger partial charge on any atom is -0.317 e. The van der Waals surface area contributed by atoms with Crippen LogP contribution in [0.1, 0.15) is 57.3 Å². The first-order chi connectivity index (χ1) is 19.0. The molecule has 0 radical (unpaired) electrons. The van der Waals surface area contributed by atoms with Gasteiger partial charge in [0, 0.05) is 31.1 Å². The molecule has 2 aromatic carbocycles. The topological polar surface area (TPSA) is 116 Å². The Morgan fingerprint density at radius 1 is 0.974 bits per heavy atom. The zero-order valence-electron chi connectivity index (χ0n) is 22.5. The lowest BCUT2D eigenvalue weighted by Crippen LogP contribution is -2.41. The number of rotatable bonds is 9. The SMILES string of the molecule is CCCn1c(=O)c2c(nc(C(C)C)n2Cc2ccc(-c3ccccc3-c3nnn[nH]3)cc2)n(CC2CC2)c1=O. The number of hydrogen-bond acceptors (Lipinski definition) is 6. The molecule has 6 rings (SSSR count). The molecule has 0 unspecified atom stereocenters. The number of nitrogens with one attached hydrogen (secondary N) is 1. The van der Waals surface area contributed by atoms with Crippen LogP contribution < -0.4 is 11.2 Å². The van der Waals surface area contributed by atoms with E-state index in [0.717, 1.165) is 40.9 Å². The molecule has 39 heavy (non-hydrogen) atoms. The van der Waals surface area contributed by atoms with Crippen molar-refractivity contribution in [1.29, 1.82) is 0 Å². The van der Waals surface area contributed by atoms with Crippen LogP contribution in [0.25, 0.3) is 33.7 Å². The van der Waals surface area contributed by atoms with E-state index in [1.807, 2.05) is 35.8 Å². The van der Waals surface area contributed by atoms with Crippen molar-refractivity contribution >= 4 is 11.2 Å². The van der Waals surface area contributed by atoms with E-state index in [1.165, 1.54) is 4.57 Å². The van der Waals surface area contributed by atoms with E-state index in [2.05, 4.69) is 58.7 Å². The second-order valence-electron chi connectivity index (χ2n) is 10.7. The van der Waals surface area contributed by atoms with E-state index in [0.29, 0.717) is 49.0 Å². The lowest BCUT2D eigenvalue weighted by atomic mass is 9.98. The Morgan fingerprint density at radius 2 is 1.72 bits per heavy atom. The van der Waals surface area contributed by atoms with Gasteiger partial charge in [-0.1, -0.05) is 69.3 Å². The van der Waals surface area contributed by atoms with Crippen LogP contribution in [-0.2, 0) is 19.6 Å². The molecular weight excluding hydrogens is 492 g/mol. The highest BCUT2D eigenvalue weighted by molar-refractivity contribution is 5.80. The molecule has 10 nitrogen and oxygen atoms in total. The van der Waals surface area contributed by atoms with Gasteiger partial charge in [-0.15, -0.1) is 5.10 Å². The molecule has 0 aliphatic heterocycles. The summed E-state index contributed by atoms with van der Waals surface area (Å²) in [6.45, 7) is 7.63. The second-order valence-corrected chi connectivity index (χ2v) is 10.7.